The predicted molar refractivity (Wildman–Crippen MR) is 84.8 cm³/mol. The molecule has 0 radical (unpaired) electrons. The van der Waals surface area contributed by atoms with Crippen molar-refractivity contribution in [1.82, 2.24) is 4.90 Å². The Morgan fingerprint density at radius 1 is 1.00 bits per heavy atom. The van der Waals surface area contributed by atoms with E-state index in [4.69, 9.17) is 4.43 Å². The Balaban J connectivity index is 4.29. The van der Waals surface area contributed by atoms with E-state index in [2.05, 4.69) is 45.7 Å². The van der Waals surface area contributed by atoms with E-state index < -0.39 is 8.32 Å². The summed E-state index contributed by atoms with van der Waals surface area (Å²) in [6, 6.07) is 1.94. The van der Waals surface area contributed by atoms with Crippen molar-refractivity contribution in [2.24, 2.45) is 0 Å². The zero-order valence-corrected chi connectivity index (χ0v) is 14.6. The highest BCUT2D eigenvalue weighted by molar-refractivity contribution is 6.71. The highest BCUT2D eigenvalue weighted by Crippen LogP contribution is 2.18. The van der Waals surface area contributed by atoms with Gasteiger partial charge in [-0.2, -0.15) is 0 Å². The fraction of sp³-hybridized carbons (Fsp3) is 1.00. The second-order valence-corrected chi connectivity index (χ2v) is 10.2. The molecule has 0 aliphatic heterocycles. The topological polar surface area (TPSA) is 12.5 Å². The van der Waals surface area contributed by atoms with Crippen LogP contribution in [0.4, 0.5) is 0 Å². The highest BCUT2D eigenvalue weighted by atomic mass is 28.4. The van der Waals surface area contributed by atoms with E-state index in [1.807, 2.05) is 0 Å². The van der Waals surface area contributed by atoms with Crippen molar-refractivity contribution in [3.63, 3.8) is 0 Å². The zero-order valence-electron chi connectivity index (χ0n) is 13.6. The second kappa shape index (κ2) is 9.99. The van der Waals surface area contributed by atoms with Crippen LogP contribution in [-0.4, -0.2) is 39.0 Å². The molecule has 0 aromatic carbocycles. The summed E-state index contributed by atoms with van der Waals surface area (Å²) >= 11 is 0. The summed E-state index contributed by atoms with van der Waals surface area (Å²) in [5.74, 6) is 0. The molecule has 0 saturated heterocycles. The molecule has 1 atom stereocenters. The fourth-order valence-electron chi connectivity index (χ4n) is 2.57. The Morgan fingerprint density at radius 2 is 1.50 bits per heavy atom. The van der Waals surface area contributed by atoms with Gasteiger partial charge in [-0.15, -0.1) is 0 Å². The van der Waals surface area contributed by atoms with E-state index in [0.717, 1.165) is 6.61 Å². The first kappa shape index (κ1) is 18.1. The molecular weight excluding hydrogens is 238 g/mol. The molecule has 0 N–H and O–H groups in total. The van der Waals surface area contributed by atoms with E-state index in [1.54, 1.807) is 0 Å². The van der Waals surface area contributed by atoms with Crippen LogP contribution in [0.2, 0.25) is 19.1 Å². The predicted octanol–water partition coefficient (Wildman–Crippen LogP) is 4.52. The quantitative estimate of drug-likeness (QED) is 0.513. The minimum absolute atomic E-state index is 0.677. The fourth-order valence-corrected chi connectivity index (χ4v) is 5.15. The summed E-state index contributed by atoms with van der Waals surface area (Å²) in [5, 5.41) is 0. The van der Waals surface area contributed by atoms with Gasteiger partial charge in [0.25, 0.3) is 0 Å². The van der Waals surface area contributed by atoms with Crippen molar-refractivity contribution in [3.8, 4) is 0 Å². The molecule has 110 valence electrons. The number of nitrogens with zero attached hydrogens (tertiary/aromatic N) is 1. The lowest BCUT2D eigenvalue weighted by Crippen LogP contribution is -2.42. The van der Waals surface area contributed by atoms with E-state index in [9.17, 15) is 0 Å². The van der Waals surface area contributed by atoms with Crippen LogP contribution >= 0.6 is 0 Å². The van der Waals surface area contributed by atoms with Crippen LogP contribution in [0.5, 0.6) is 0 Å². The standard InChI is InChI=1S/C15H35NOSi/c1-7-10-12-16(13-11-8-2)15(4)14-18(5,6)17-9-3/h15H,7-14H2,1-6H3. The first-order valence-electron chi connectivity index (χ1n) is 7.84. The molecule has 3 heteroatoms. The average molecular weight is 274 g/mol. The molecule has 0 rings (SSSR count). The van der Waals surface area contributed by atoms with Gasteiger partial charge in [-0.3, -0.25) is 0 Å². The van der Waals surface area contributed by atoms with Gasteiger partial charge in [0.1, 0.15) is 0 Å². The van der Waals surface area contributed by atoms with E-state index in [1.165, 1.54) is 44.8 Å². The average Bonchev–Trinajstić information content (AvgIpc) is 2.28. The van der Waals surface area contributed by atoms with Gasteiger partial charge in [0, 0.05) is 12.6 Å². The summed E-state index contributed by atoms with van der Waals surface area (Å²) in [4.78, 5) is 2.68. The molecule has 0 saturated carbocycles. The molecule has 0 aromatic heterocycles. The second-order valence-electron chi connectivity index (χ2n) is 5.99. The number of unbranched alkanes of at least 4 members (excludes halogenated alkanes) is 2. The number of hydrogen-bond donors (Lipinski definition) is 0. The van der Waals surface area contributed by atoms with E-state index >= 15 is 0 Å². The van der Waals surface area contributed by atoms with Crippen molar-refractivity contribution < 1.29 is 4.43 Å². The maximum Gasteiger partial charge on any atom is 0.188 e. The number of hydrogen-bond acceptors (Lipinski definition) is 2. The van der Waals surface area contributed by atoms with Gasteiger partial charge in [0.15, 0.2) is 8.32 Å². The van der Waals surface area contributed by atoms with Gasteiger partial charge in [0.2, 0.25) is 0 Å². The lowest BCUT2D eigenvalue weighted by molar-refractivity contribution is 0.206. The largest absolute Gasteiger partial charge is 0.418 e. The highest BCUT2D eigenvalue weighted by Gasteiger charge is 2.27. The minimum atomic E-state index is -1.45. The molecule has 0 spiro atoms. The molecule has 0 aromatic rings. The summed E-state index contributed by atoms with van der Waals surface area (Å²) in [7, 11) is -1.45. The smallest absolute Gasteiger partial charge is 0.188 e. The molecule has 0 aliphatic carbocycles. The molecule has 0 fully saturated rings. The Kier molecular flexibility index (Phi) is 10.1. The summed E-state index contributed by atoms with van der Waals surface area (Å²) in [5.41, 5.74) is 0. The van der Waals surface area contributed by atoms with Gasteiger partial charge in [-0.25, -0.2) is 0 Å². The van der Waals surface area contributed by atoms with Crippen molar-refractivity contribution in [2.45, 2.75) is 78.6 Å². The van der Waals surface area contributed by atoms with Crippen LogP contribution in [0.3, 0.4) is 0 Å². The van der Waals surface area contributed by atoms with Gasteiger partial charge in [-0.1, -0.05) is 26.7 Å². The Labute approximate surface area is 116 Å². The molecule has 0 heterocycles. The van der Waals surface area contributed by atoms with E-state index in [-0.39, 0.29) is 0 Å². The van der Waals surface area contributed by atoms with Crippen molar-refractivity contribution in [1.29, 1.82) is 0 Å². The zero-order chi connectivity index (χ0) is 14.0. The van der Waals surface area contributed by atoms with Crippen molar-refractivity contribution in [2.75, 3.05) is 19.7 Å². The first-order valence-corrected chi connectivity index (χ1v) is 11.0. The molecule has 1 unspecified atom stereocenters. The Bertz CT molecular complexity index is 189. The van der Waals surface area contributed by atoms with Crippen LogP contribution in [0.15, 0.2) is 0 Å². The Hall–Kier alpha value is 0.137. The maximum absolute atomic E-state index is 5.97. The van der Waals surface area contributed by atoms with Crippen LogP contribution in [-0.2, 0) is 4.43 Å². The maximum atomic E-state index is 5.97. The van der Waals surface area contributed by atoms with Crippen LogP contribution in [0.1, 0.15) is 53.4 Å². The summed E-state index contributed by atoms with van der Waals surface area (Å²) in [6.07, 6.45) is 5.23. The van der Waals surface area contributed by atoms with Gasteiger partial charge in [0.05, 0.1) is 0 Å². The lowest BCUT2D eigenvalue weighted by Gasteiger charge is -2.34. The Morgan fingerprint density at radius 3 is 1.89 bits per heavy atom. The molecule has 18 heavy (non-hydrogen) atoms. The molecule has 0 bridgehead atoms. The normalized spacial score (nSPS) is 14.2. The summed E-state index contributed by atoms with van der Waals surface area (Å²) < 4.78 is 5.97. The van der Waals surface area contributed by atoms with Gasteiger partial charge < -0.3 is 9.33 Å². The molecular formula is C15H35NOSi. The SMILES string of the molecule is CCCCN(CCCC)C(C)C[Si](C)(C)OCC. The molecule has 0 amide bonds. The minimum Gasteiger partial charge on any atom is -0.418 e. The third-order valence-corrected chi connectivity index (χ3v) is 6.19. The summed E-state index contributed by atoms with van der Waals surface area (Å²) in [6.45, 7) is 17.2. The third kappa shape index (κ3) is 8.28. The lowest BCUT2D eigenvalue weighted by atomic mass is 10.2. The van der Waals surface area contributed by atoms with Crippen LogP contribution in [0, 0.1) is 0 Å². The van der Waals surface area contributed by atoms with Crippen molar-refractivity contribution in [3.05, 3.63) is 0 Å². The van der Waals surface area contributed by atoms with Gasteiger partial charge in [-0.05, 0) is 58.9 Å². The van der Waals surface area contributed by atoms with Crippen LogP contribution in [0.25, 0.3) is 0 Å². The third-order valence-electron chi connectivity index (χ3n) is 3.54. The monoisotopic (exact) mass is 273 g/mol. The molecule has 0 aliphatic rings. The van der Waals surface area contributed by atoms with Crippen molar-refractivity contribution >= 4 is 8.32 Å². The van der Waals surface area contributed by atoms with Crippen LogP contribution < -0.4 is 0 Å². The van der Waals surface area contributed by atoms with E-state index in [0.29, 0.717) is 6.04 Å². The van der Waals surface area contributed by atoms with Gasteiger partial charge >= 0.3 is 0 Å². The molecule has 2 nitrogen and oxygen atoms in total. The first-order chi connectivity index (χ1) is 8.46. The number of rotatable bonds is 11.